The first-order chi connectivity index (χ1) is 7.67. The molecule has 1 heterocycles. The molecular formula is C12H20N2O2. The van der Waals surface area contributed by atoms with Gasteiger partial charge in [0.15, 0.2) is 5.75 Å². The highest BCUT2D eigenvalue weighted by atomic mass is 16.5. The zero-order chi connectivity index (χ0) is 11.6. The number of hydrogen-bond donors (Lipinski definition) is 1. The summed E-state index contributed by atoms with van der Waals surface area (Å²) in [5.41, 5.74) is 0.0736. The molecular weight excluding hydrogens is 204 g/mol. The zero-order valence-corrected chi connectivity index (χ0v) is 10.1. The summed E-state index contributed by atoms with van der Waals surface area (Å²) in [4.78, 5) is 0. The lowest BCUT2D eigenvalue weighted by molar-refractivity contribution is 0.0106. The first-order valence-corrected chi connectivity index (χ1v) is 5.96. The van der Waals surface area contributed by atoms with Crippen LogP contribution in [0, 0.1) is 0 Å². The normalized spacial score (nSPS) is 20.4. The molecule has 1 aliphatic rings. The Labute approximate surface area is 96.2 Å². The Kier molecular flexibility index (Phi) is 3.19. The van der Waals surface area contributed by atoms with Crippen LogP contribution in [-0.4, -0.2) is 22.0 Å². The molecule has 2 rings (SSSR count). The van der Waals surface area contributed by atoms with E-state index in [0.29, 0.717) is 5.75 Å². The number of methoxy groups -OCH3 is 1. The Bertz CT molecular complexity index is 352. The molecule has 0 saturated heterocycles. The van der Waals surface area contributed by atoms with Crippen LogP contribution in [0.2, 0.25) is 0 Å². The van der Waals surface area contributed by atoms with Gasteiger partial charge in [-0.05, 0) is 12.8 Å². The number of aryl methyl sites for hydroxylation is 1. The lowest BCUT2D eigenvalue weighted by atomic mass is 9.90. The van der Waals surface area contributed by atoms with E-state index in [1.807, 2.05) is 7.05 Å². The fraction of sp³-hybridized carbons (Fsp3) is 0.750. The summed E-state index contributed by atoms with van der Waals surface area (Å²) in [6.45, 7) is 0. The molecule has 1 aromatic heterocycles. The zero-order valence-electron chi connectivity index (χ0n) is 10.1. The summed E-state index contributed by atoms with van der Waals surface area (Å²) in [5.74, 6) is 0.701. The van der Waals surface area contributed by atoms with Gasteiger partial charge in [0.2, 0.25) is 0 Å². The van der Waals surface area contributed by atoms with E-state index in [-0.39, 0.29) is 0 Å². The summed E-state index contributed by atoms with van der Waals surface area (Å²) in [6.07, 6.45) is 7.87. The van der Waals surface area contributed by atoms with Crippen molar-refractivity contribution in [2.24, 2.45) is 7.05 Å². The number of rotatable bonds is 2. The van der Waals surface area contributed by atoms with Crippen LogP contribution in [0.5, 0.6) is 5.75 Å². The monoisotopic (exact) mass is 224 g/mol. The van der Waals surface area contributed by atoms with Gasteiger partial charge in [-0.2, -0.15) is 5.10 Å². The van der Waals surface area contributed by atoms with Crippen molar-refractivity contribution in [3.05, 3.63) is 11.9 Å². The molecule has 16 heavy (non-hydrogen) atoms. The van der Waals surface area contributed by atoms with Gasteiger partial charge in [-0.15, -0.1) is 0 Å². The van der Waals surface area contributed by atoms with Gasteiger partial charge in [0.1, 0.15) is 11.3 Å². The number of aliphatic hydroxyl groups is 1. The van der Waals surface area contributed by atoms with Gasteiger partial charge >= 0.3 is 0 Å². The van der Waals surface area contributed by atoms with Crippen molar-refractivity contribution in [1.82, 2.24) is 9.78 Å². The third-order valence-electron chi connectivity index (χ3n) is 3.50. The van der Waals surface area contributed by atoms with Crippen molar-refractivity contribution in [2.45, 2.75) is 44.1 Å². The highest BCUT2D eigenvalue weighted by Crippen LogP contribution is 2.39. The van der Waals surface area contributed by atoms with Crippen LogP contribution in [-0.2, 0) is 12.6 Å². The SMILES string of the molecule is COc1cnn(C)c1C1(O)CCCCCC1. The molecule has 0 bridgehead atoms. The number of aromatic nitrogens is 2. The predicted molar refractivity (Wildman–Crippen MR) is 61.4 cm³/mol. The van der Waals surface area contributed by atoms with Gasteiger partial charge in [-0.25, -0.2) is 0 Å². The fourth-order valence-electron chi connectivity index (χ4n) is 2.65. The molecule has 0 aromatic carbocycles. The van der Waals surface area contributed by atoms with Gasteiger partial charge in [0, 0.05) is 7.05 Å². The van der Waals surface area contributed by atoms with Crippen LogP contribution < -0.4 is 4.74 Å². The molecule has 1 aromatic rings. The van der Waals surface area contributed by atoms with Gasteiger partial charge < -0.3 is 9.84 Å². The summed E-state index contributed by atoms with van der Waals surface area (Å²) < 4.78 is 7.02. The van der Waals surface area contributed by atoms with E-state index in [2.05, 4.69) is 5.10 Å². The summed E-state index contributed by atoms with van der Waals surface area (Å²) in [7, 11) is 3.49. The van der Waals surface area contributed by atoms with Crippen molar-refractivity contribution < 1.29 is 9.84 Å². The molecule has 1 aliphatic carbocycles. The molecule has 0 unspecified atom stereocenters. The predicted octanol–water partition coefficient (Wildman–Crippen LogP) is 1.97. The minimum atomic E-state index is -0.757. The first-order valence-electron chi connectivity index (χ1n) is 5.96. The standard InChI is InChI=1S/C12H20N2O2/c1-14-11(10(16-2)9-13-14)12(15)7-5-3-4-6-8-12/h9,15H,3-8H2,1-2H3. The van der Waals surface area contributed by atoms with Crippen molar-refractivity contribution in [3.8, 4) is 5.75 Å². The lowest BCUT2D eigenvalue weighted by Crippen LogP contribution is -2.28. The molecule has 4 heteroatoms. The molecule has 0 spiro atoms. The molecule has 4 nitrogen and oxygen atoms in total. The molecule has 0 aliphatic heterocycles. The molecule has 0 radical (unpaired) electrons. The molecule has 0 amide bonds. The van der Waals surface area contributed by atoms with Gasteiger partial charge in [0.05, 0.1) is 13.3 Å². The first kappa shape index (κ1) is 11.5. The number of nitrogens with zero attached hydrogens (tertiary/aromatic N) is 2. The van der Waals surface area contributed by atoms with E-state index in [1.165, 1.54) is 12.8 Å². The van der Waals surface area contributed by atoms with E-state index >= 15 is 0 Å². The Hall–Kier alpha value is -1.03. The topological polar surface area (TPSA) is 47.3 Å². The van der Waals surface area contributed by atoms with Crippen molar-refractivity contribution in [3.63, 3.8) is 0 Å². The maximum Gasteiger partial charge on any atom is 0.162 e. The average molecular weight is 224 g/mol. The van der Waals surface area contributed by atoms with E-state index in [9.17, 15) is 5.11 Å². The second-order valence-corrected chi connectivity index (χ2v) is 4.63. The number of ether oxygens (including phenoxy) is 1. The molecule has 1 saturated carbocycles. The Balaban J connectivity index is 2.35. The lowest BCUT2D eigenvalue weighted by Gasteiger charge is -2.27. The quantitative estimate of drug-likeness (QED) is 0.781. The summed E-state index contributed by atoms with van der Waals surface area (Å²) >= 11 is 0. The largest absolute Gasteiger partial charge is 0.493 e. The van der Waals surface area contributed by atoms with Crippen LogP contribution in [0.3, 0.4) is 0 Å². The fourth-order valence-corrected chi connectivity index (χ4v) is 2.65. The minimum absolute atomic E-state index is 0.701. The van der Waals surface area contributed by atoms with E-state index < -0.39 is 5.60 Å². The molecule has 0 atom stereocenters. The molecule has 1 N–H and O–H groups in total. The van der Waals surface area contributed by atoms with E-state index in [0.717, 1.165) is 31.4 Å². The Morgan fingerprint density at radius 1 is 1.31 bits per heavy atom. The van der Waals surface area contributed by atoms with Crippen LogP contribution in [0.25, 0.3) is 0 Å². The molecule has 90 valence electrons. The summed E-state index contributed by atoms with van der Waals surface area (Å²) in [5, 5.41) is 14.9. The highest BCUT2D eigenvalue weighted by molar-refractivity contribution is 5.30. The maximum absolute atomic E-state index is 10.8. The molecule has 1 fully saturated rings. The smallest absolute Gasteiger partial charge is 0.162 e. The van der Waals surface area contributed by atoms with E-state index in [1.54, 1.807) is 18.0 Å². The third-order valence-corrected chi connectivity index (χ3v) is 3.50. The van der Waals surface area contributed by atoms with Crippen LogP contribution in [0.1, 0.15) is 44.2 Å². The van der Waals surface area contributed by atoms with Crippen molar-refractivity contribution in [2.75, 3.05) is 7.11 Å². The van der Waals surface area contributed by atoms with Gasteiger partial charge in [0.25, 0.3) is 0 Å². The minimum Gasteiger partial charge on any atom is -0.493 e. The van der Waals surface area contributed by atoms with Gasteiger partial charge in [-0.3, -0.25) is 4.68 Å². The van der Waals surface area contributed by atoms with Crippen molar-refractivity contribution in [1.29, 1.82) is 0 Å². The second kappa shape index (κ2) is 4.45. The maximum atomic E-state index is 10.8. The van der Waals surface area contributed by atoms with Crippen LogP contribution >= 0.6 is 0 Å². The van der Waals surface area contributed by atoms with Crippen molar-refractivity contribution >= 4 is 0 Å². The van der Waals surface area contributed by atoms with E-state index in [4.69, 9.17) is 4.74 Å². The average Bonchev–Trinajstić information content (AvgIpc) is 2.51. The summed E-state index contributed by atoms with van der Waals surface area (Å²) in [6, 6.07) is 0. The number of hydrogen-bond acceptors (Lipinski definition) is 3. The van der Waals surface area contributed by atoms with Gasteiger partial charge in [-0.1, -0.05) is 25.7 Å². The Morgan fingerprint density at radius 3 is 2.50 bits per heavy atom. The van der Waals surface area contributed by atoms with Crippen LogP contribution in [0.15, 0.2) is 6.20 Å². The van der Waals surface area contributed by atoms with Crippen LogP contribution in [0.4, 0.5) is 0 Å². The highest BCUT2D eigenvalue weighted by Gasteiger charge is 2.35. The Morgan fingerprint density at radius 2 is 1.94 bits per heavy atom. The third kappa shape index (κ3) is 1.94. The second-order valence-electron chi connectivity index (χ2n) is 4.63.